The van der Waals surface area contributed by atoms with Crippen LogP contribution in [0.1, 0.15) is 5.56 Å². The third kappa shape index (κ3) is 2.77. The van der Waals surface area contributed by atoms with Crippen molar-refractivity contribution in [1.82, 2.24) is 0 Å². The van der Waals surface area contributed by atoms with Crippen LogP contribution in [0.15, 0.2) is 46.9 Å². The van der Waals surface area contributed by atoms with Gasteiger partial charge < -0.3 is 11.1 Å². The predicted octanol–water partition coefficient (Wildman–Crippen LogP) is 3.65. The highest BCUT2D eigenvalue weighted by Gasteiger charge is 2.02. The summed E-state index contributed by atoms with van der Waals surface area (Å²) in [5.74, 6) is 0. The van der Waals surface area contributed by atoms with E-state index in [1.807, 2.05) is 36.4 Å². The zero-order valence-electron chi connectivity index (χ0n) is 8.94. The second kappa shape index (κ2) is 4.89. The highest BCUT2D eigenvalue weighted by atomic mass is 79.9. The Hall–Kier alpha value is -1.99. The van der Waals surface area contributed by atoms with Crippen molar-refractivity contribution < 1.29 is 0 Å². The lowest BCUT2D eigenvalue weighted by Crippen LogP contribution is -1.94. The van der Waals surface area contributed by atoms with E-state index in [-0.39, 0.29) is 0 Å². The number of anilines is 3. The molecule has 2 aromatic carbocycles. The van der Waals surface area contributed by atoms with Crippen LogP contribution >= 0.6 is 15.9 Å². The Morgan fingerprint density at radius 2 is 1.82 bits per heavy atom. The molecule has 84 valence electrons. The predicted molar refractivity (Wildman–Crippen MR) is 73.0 cm³/mol. The molecule has 0 unspecified atom stereocenters. The van der Waals surface area contributed by atoms with Crippen LogP contribution in [0.4, 0.5) is 17.1 Å². The van der Waals surface area contributed by atoms with Crippen molar-refractivity contribution in [1.29, 1.82) is 5.26 Å². The molecule has 2 aromatic rings. The van der Waals surface area contributed by atoms with Gasteiger partial charge in [-0.15, -0.1) is 0 Å². The van der Waals surface area contributed by atoms with Crippen LogP contribution in [0.25, 0.3) is 0 Å². The maximum Gasteiger partial charge on any atom is 0.101 e. The van der Waals surface area contributed by atoms with Gasteiger partial charge >= 0.3 is 0 Å². The maximum atomic E-state index is 9.03. The lowest BCUT2D eigenvalue weighted by molar-refractivity contribution is 1.45. The smallest absolute Gasteiger partial charge is 0.101 e. The van der Waals surface area contributed by atoms with E-state index >= 15 is 0 Å². The summed E-state index contributed by atoms with van der Waals surface area (Å²) in [5.41, 5.74) is 8.60. The molecule has 0 saturated heterocycles. The van der Waals surface area contributed by atoms with Gasteiger partial charge in [0.15, 0.2) is 0 Å². The van der Waals surface area contributed by atoms with Crippen molar-refractivity contribution in [2.24, 2.45) is 0 Å². The molecule has 0 aliphatic rings. The van der Waals surface area contributed by atoms with E-state index in [1.54, 1.807) is 6.07 Å². The molecule has 0 fully saturated rings. The minimum Gasteiger partial charge on any atom is -0.399 e. The van der Waals surface area contributed by atoms with Gasteiger partial charge in [-0.1, -0.05) is 15.9 Å². The van der Waals surface area contributed by atoms with E-state index < -0.39 is 0 Å². The first-order valence-electron chi connectivity index (χ1n) is 5.01. The first-order valence-corrected chi connectivity index (χ1v) is 5.80. The minimum absolute atomic E-state index is 0.594. The maximum absolute atomic E-state index is 9.03. The molecule has 0 aliphatic carbocycles. The first-order chi connectivity index (χ1) is 8.19. The van der Waals surface area contributed by atoms with Crippen LogP contribution in [-0.2, 0) is 0 Å². The van der Waals surface area contributed by atoms with Gasteiger partial charge in [0.05, 0.1) is 11.3 Å². The van der Waals surface area contributed by atoms with Gasteiger partial charge in [-0.05, 0) is 42.5 Å². The molecule has 0 bridgehead atoms. The summed E-state index contributed by atoms with van der Waals surface area (Å²) in [6.07, 6.45) is 0. The number of halogens is 1. The number of nitrogens with one attached hydrogen (secondary N) is 1. The molecule has 0 atom stereocenters. The average Bonchev–Trinajstić information content (AvgIpc) is 2.34. The molecule has 0 amide bonds. The zero-order valence-corrected chi connectivity index (χ0v) is 10.5. The minimum atomic E-state index is 0.594. The molecular formula is C13H10BrN3. The normalized spacial score (nSPS) is 9.65. The molecule has 17 heavy (non-hydrogen) atoms. The van der Waals surface area contributed by atoms with Gasteiger partial charge in [-0.2, -0.15) is 5.26 Å². The molecule has 4 heteroatoms. The van der Waals surface area contributed by atoms with Gasteiger partial charge in [0.2, 0.25) is 0 Å². The molecular weight excluding hydrogens is 278 g/mol. The molecule has 3 nitrogen and oxygen atoms in total. The van der Waals surface area contributed by atoms with Crippen molar-refractivity contribution in [3.8, 4) is 6.07 Å². The number of benzene rings is 2. The van der Waals surface area contributed by atoms with Crippen molar-refractivity contribution in [3.05, 3.63) is 52.5 Å². The summed E-state index contributed by atoms with van der Waals surface area (Å²) in [5, 5.41) is 12.2. The first kappa shape index (κ1) is 11.5. The third-order valence-corrected chi connectivity index (χ3v) is 2.79. The molecule has 2 rings (SSSR count). The summed E-state index contributed by atoms with van der Waals surface area (Å²) < 4.78 is 0.886. The summed E-state index contributed by atoms with van der Waals surface area (Å²) in [6.45, 7) is 0. The van der Waals surface area contributed by atoms with Gasteiger partial charge in [0, 0.05) is 15.8 Å². The standard InChI is InChI=1S/C13H10BrN3/c14-10-1-6-13(9(7-10)8-15)17-12-4-2-11(16)3-5-12/h1-7,17H,16H2. The highest BCUT2D eigenvalue weighted by Crippen LogP contribution is 2.24. The fourth-order valence-electron chi connectivity index (χ4n) is 1.44. The lowest BCUT2D eigenvalue weighted by Gasteiger charge is -2.08. The Kier molecular flexibility index (Phi) is 3.31. The SMILES string of the molecule is N#Cc1cc(Br)ccc1Nc1ccc(N)cc1. The quantitative estimate of drug-likeness (QED) is 0.829. The van der Waals surface area contributed by atoms with Crippen molar-refractivity contribution in [2.75, 3.05) is 11.1 Å². The topological polar surface area (TPSA) is 61.8 Å². The number of nitrogens with zero attached hydrogens (tertiary/aromatic N) is 1. The monoisotopic (exact) mass is 287 g/mol. The van der Waals surface area contributed by atoms with E-state index in [0.717, 1.165) is 15.8 Å². The van der Waals surface area contributed by atoms with Gasteiger partial charge in [-0.3, -0.25) is 0 Å². The highest BCUT2D eigenvalue weighted by molar-refractivity contribution is 9.10. The van der Waals surface area contributed by atoms with E-state index in [2.05, 4.69) is 27.3 Å². The molecule has 3 N–H and O–H groups in total. The van der Waals surface area contributed by atoms with Crippen LogP contribution in [0.3, 0.4) is 0 Å². The summed E-state index contributed by atoms with van der Waals surface area (Å²) >= 11 is 3.34. The number of hydrogen-bond donors (Lipinski definition) is 2. The van der Waals surface area contributed by atoms with Crippen LogP contribution in [0.5, 0.6) is 0 Å². The van der Waals surface area contributed by atoms with Crippen LogP contribution < -0.4 is 11.1 Å². The number of nitrogen functional groups attached to an aromatic ring is 1. The Morgan fingerprint density at radius 1 is 1.12 bits per heavy atom. The van der Waals surface area contributed by atoms with E-state index in [1.165, 1.54) is 0 Å². The number of rotatable bonds is 2. The fraction of sp³-hybridized carbons (Fsp3) is 0. The number of nitrogens with two attached hydrogens (primary N) is 1. The van der Waals surface area contributed by atoms with Crippen LogP contribution in [-0.4, -0.2) is 0 Å². The fourth-order valence-corrected chi connectivity index (χ4v) is 1.80. The van der Waals surface area contributed by atoms with Gasteiger partial charge in [0.25, 0.3) is 0 Å². The summed E-state index contributed by atoms with van der Waals surface area (Å²) in [4.78, 5) is 0. The Labute approximate surface area is 108 Å². The molecule has 0 radical (unpaired) electrons. The van der Waals surface area contributed by atoms with Crippen LogP contribution in [0, 0.1) is 11.3 Å². The second-order valence-corrected chi connectivity index (χ2v) is 4.46. The van der Waals surface area contributed by atoms with Crippen molar-refractivity contribution in [2.45, 2.75) is 0 Å². The van der Waals surface area contributed by atoms with E-state index in [4.69, 9.17) is 11.0 Å². The van der Waals surface area contributed by atoms with E-state index in [9.17, 15) is 0 Å². The third-order valence-electron chi connectivity index (χ3n) is 2.29. The van der Waals surface area contributed by atoms with E-state index in [0.29, 0.717) is 11.3 Å². The second-order valence-electron chi connectivity index (χ2n) is 3.55. The Morgan fingerprint density at radius 3 is 2.47 bits per heavy atom. The van der Waals surface area contributed by atoms with Crippen LogP contribution in [0.2, 0.25) is 0 Å². The molecule has 0 heterocycles. The van der Waals surface area contributed by atoms with Crippen molar-refractivity contribution in [3.63, 3.8) is 0 Å². The Balaban J connectivity index is 2.30. The molecule has 0 saturated carbocycles. The number of hydrogen-bond acceptors (Lipinski definition) is 3. The zero-order chi connectivity index (χ0) is 12.3. The Bertz CT molecular complexity index is 570. The van der Waals surface area contributed by atoms with Gasteiger partial charge in [-0.25, -0.2) is 0 Å². The van der Waals surface area contributed by atoms with Crippen molar-refractivity contribution >= 4 is 33.0 Å². The summed E-state index contributed by atoms with van der Waals surface area (Å²) in [7, 11) is 0. The molecule has 0 aromatic heterocycles. The molecule has 0 aliphatic heterocycles. The molecule has 0 spiro atoms. The number of nitriles is 1. The average molecular weight is 288 g/mol. The largest absolute Gasteiger partial charge is 0.399 e. The summed E-state index contributed by atoms with van der Waals surface area (Å²) in [6, 6.07) is 15.1. The lowest BCUT2D eigenvalue weighted by atomic mass is 10.2. The van der Waals surface area contributed by atoms with Gasteiger partial charge in [0.1, 0.15) is 6.07 Å².